The van der Waals surface area contributed by atoms with Crippen LogP contribution < -0.4 is 14.8 Å². The molecule has 2 aromatic rings. The van der Waals surface area contributed by atoms with E-state index in [0.29, 0.717) is 16.9 Å². The summed E-state index contributed by atoms with van der Waals surface area (Å²) < 4.78 is 45.2. The number of carbonyl (C=O) groups excluding carboxylic acids is 1. The van der Waals surface area contributed by atoms with Crippen LogP contribution in [-0.2, 0) is 11.3 Å². The Hall–Kier alpha value is -3.21. The molecule has 0 bridgehead atoms. The minimum Gasteiger partial charge on any atom is -0.484 e. The summed E-state index contributed by atoms with van der Waals surface area (Å²) >= 11 is 0. The minimum atomic E-state index is -4.74. The first kappa shape index (κ1) is 18.1. The third-order valence-corrected chi connectivity index (χ3v) is 2.98. The van der Waals surface area contributed by atoms with Crippen LogP contribution in [0.3, 0.4) is 0 Å². The predicted molar refractivity (Wildman–Crippen MR) is 81.6 cm³/mol. The Labute approximate surface area is 141 Å². The van der Waals surface area contributed by atoms with E-state index < -0.39 is 12.3 Å². The second kappa shape index (κ2) is 8.06. The molecule has 0 saturated carbocycles. The zero-order chi connectivity index (χ0) is 18.3. The lowest BCUT2D eigenvalue weighted by atomic mass is 10.2. The fraction of sp³-hybridized carbons (Fsp3) is 0.176. The van der Waals surface area contributed by atoms with E-state index in [4.69, 9.17) is 10.00 Å². The van der Waals surface area contributed by atoms with Gasteiger partial charge in [0.2, 0.25) is 0 Å². The Bertz CT molecular complexity index is 768. The van der Waals surface area contributed by atoms with Gasteiger partial charge in [0.25, 0.3) is 5.91 Å². The lowest BCUT2D eigenvalue weighted by molar-refractivity contribution is -0.274. The molecule has 0 atom stereocenters. The largest absolute Gasteiger partial charge is 0.573 e. The molecule has 2 rings (SSSR count). The van der Waals surface area contributed by atoms with Crippen LogP contribution in [0.25, 0.3) is 0 Å². The van der Waals surface area contributed by atoms with Crippen LogP contribution in [-0.4, -0.2) is 18.9 Å². The lowest BCUT2D eigenvalue weighted by Crippen LogP contribution is -2.28. The van der Waals surface area contributed by atoms with Gasteiger partial charge in [-0.2, -0.15) is 5.26 Å². The van der Waals surface area contributed by atoms with E-state index in [1.165, 1.54) is 30.3 Å². The number of nitriles is 1. The molecule has 5 nitrogen and oxygen atoms in total. The molecule has 0 saturated heterocycles. The summed E-state index contributed by atoms with van der Waals surface area (Å²) in [5, 5.41) is 11.3. The van der Waals surface area contributed by atoms with Crippen molar-refractivity contribution in [3.05, 3.63) is 59.7 Å². The topological polar surface area (TPSA) is 71.3 Å². The van der Waals surface area contributed by atoms with Gasteiger partial charge in [0, 0.05) is 6.54 Å². The van der Waals surface area contributed by atoms with Crippen molar-refractivity contribution >= 4 is 5.91 Å². The van der Waals surface area contributed by atoms with Crippen LogP contribution in [0.4, 0.5) is 13.2 Å². The van der Waals surface area contributed by atoms with E-state index in [1.807, 2.05) is 6.07 Å². The molecule has 25 heavy (non-hydrogen) atoms. The van der Waals surface area contributed by atoms with Gasteiger partial charge in [-0.05, 0) is 35.9 Å². The summed E-state index contributed by atoms with van der Waals surface area (Å²) in [4.78, 5) is 11.7. The van der Waals surface area contributed by atoms with Gasteiger partial charge >= 0.3 is 6.36 Å². The predicted octanol–water partition coefficient (Wildman–Crippen LogP) is 3.15. The summed E-state index contributed by atoms with van der Waals surface area (Å²) in [6.07, 6.45) is -4.74. The molecule has 0 aliphatic rings. The normalized spacial score (nSPS) is 10.6. The maximum atomic E-state index is 12.1. The van der Waals surface area contributed by atoms with Crippen LogP contribution in [0.15, 0.2) is 48.5 Å². The first-order valence-electron chi connectivity index (χ1n) is 7.10. The first-order chi connectivity index (χ1) is 11.9. The number of halogens is 3. The van der Waals surface area contributed by atoms with Crippen LogP contribution in [0.1, 0.15) is 11.1 Å². The molecular weight excluding hydrogens is 337 g/mol. The molecule has 2 aromatic carbocycles. The smallest absolute Gasteiger partial charge is 0.484 e. The van der Waals surface area contributed by atoms with Crippen LogP contribution >= 0.6 is 0 Å². The molecule has 0 heterocycles. The van der Waals surface area contributed by atoms with Gasteiger partial charge in [-0.15, -0.1) is 13.2 Å². The summed E-state index contributed by atoms with van der Waals surface area (Å²) in [5.74, 6) is -0.343. The highest BCUT2D eigenvalue weighted by molar-refractivity contribution is 5.77. The average molecular weight is 350 g/mol. The maximum absolute atomic E-state index is 12.1. The van der Waals surface area contributed by atoms with E-state index in [0.717, 1.165) is 0 Å². The van der Waals surface area contributed by atoms with Gasteiger partial charge < -0.3 is 14.8 Å². The fourth-order valence-corrected chi connectivity index (χ4v) is 1.86. The summed E-state index contributed by atoms with van der Waals surface area (Å²) in [6, 6.07) is 13.5. The molecular formula is C17H13F3N2O3. The van der Waals surface area contributed by atoms with Crippen LogP contribution in [0.2, 0.25) is 0 Å². The second-order valence-electron chi connectivity index (χ2n) is 4.90. The highest BCUT2D eigenvalue weighted by Crippen LogP contribution is 2.22. The fourth-order valence-electron chi connectivity index (χ4n) is 1.86. The lowest BCUT2D eigenvalue weighted by Gasteiger charge is -2.10. The van der Waals surface area contributed by atoms with Crippen LogP contribution in [0.5, 0.6) is 11.5 Å². The van der Waals surface area contributed by atoms with Crippen molar-refractivity contribution in [1.29, 1.82) is 5.26 Å². The van der Waals surface area contributed by atoms with Crippen molar-refractivity contribution in [3.63, 3.8) is 0 Å². The molecule has 0 spiro atoms. The van der Waals surface area contributed by atoms with E-state index in [-0.39, 0.29) is 18.9 Å². The van der Waals surface area contributed by atoms with Gasteiger partial charge in [-0.1, -0.05) is 18.2 Å². The molecule has 130 valence electrons. The van der Waals surface area contributed by atoms with E-state index in [9.17, 15) is 18.0 Å². The van der Waals surface area contributed by atoms with Gasteiger partial charge in [0.05, 0.1) is 11.6 Å². The molecule has 0 fully saturated rings. The summed E-state index contributed by atoms with van der Waals surface area (Å²) in [7, 11) is 0. The second-order valence-corrected chi connectivity index (χ2v) is 4.90. The number of alkyl halides is 3. The summed E-state index contributed by atoms with van der Waals surface area (Å²) in [6.45, 7) is -0.114. The number of hydrogen-bond donors (Lipinski definition) is 1. The number of amides is 1. The number of carbonyl (C=O) groups is 1. The third kappa shape index (κ3) is 6.43. The highest BCUT2D eigenvalue weighted by atomic mass is 19.4. The first-order valence-corrected chi connectivity index (χ1v) is 7.10. The Morgan fingerprint density at radius 3 is 2.48 bits per heavy atom. The van der Waals surface area contributed by atoms with Crippen molar-refractivity contribution in [2.45, 2.75) is 12.9 Å². The minimum absolute atomic E-state index is 0.132. The summed E-state index contributed by atoms with van der Waals surface area (Å²) in [5.41, 5.74) is 1.02. The van der Waals surface area contributed by atoms with E-state index in [1.54, 1.807) is 18.2 Å². The quantitative estimate of drug-likeness (QED) is 0.869. The Morgan fingerprint density at radius 1 is 1.12 bits per heavy atom. The van der Waals surface area contributed by atoms with Crippen molar-refractivity contribution in [2.75, 3.05) is 6.61 Å². The molecule has 0 aliphatic heterocycles. The Balaban J connectivity index is 1.79. The van der Waals surface area contributed by atoms with Crippen LogP contribution in [0, 0.1) is 11.3 Å². The van der Waals surface area contributed by atoms with Gasteiger partial charge in [-0.3, -0.25) is 4.79 Å². The van der Waals surface area contributed by atoms with E-state index in [2.05, 4.69) is 10.1 Å². The SMILES string of the molecule is N#Cc1cccc(OCC(=O)NCc2ccc(OC(F)(F)F)cc2)c1. The molecule has 1 N–H and O–H groups in total. The van der Waals surface area contributed by atoms with E-state index >= 15 is 0 Å². The van der Waals surface area contributed by atoms with Gasteiger partial charge in [-0.25, -0.2) is 0 Å². The molecule has 8 heteroatoms. The zero-order valence-electron chi connectivity index (χ0n) is 12.8. The molecule has 0 unspecified atom stereocenters. The Kier molecular flexibility index (Phi) is 5.84. The monoisotopic (exact) mass is 350 g/mol. The highest BCUT2D eigenvalue weighted by Gasteiger charge is 2.30. The number of benzene rings is 2. The van der Waals surface area contributed by atoms with Crippen molar-refractivity contribution in [1.82, 2.24) is 5.32 Å². The number of rotatable bonds is 6. The number of nitrogens with one attached hydrogen (secondary N) is 1. The average Bonchev–Trinajstić information content (AvgIpc) is 2.58. The van der Waals surface area contributed by atoms with Crippen molar-refractivity contribution in [3.8, 4) is 17.6 Å². The molecule has 0 aromatic heterocycles. The Morgan fingerprint density at radius 2 is 1.84 bits per heavy atom. The molecule has 0 radical (unpaired) electrons. The molecule has 0 aliphatic carbocycles. The standard InChI is InChI=1S/C17H13F3N2O3/c18-17(19,20)25-14-6-4-12(5-7-14)10-22-16(23)11-24-15-3-1-2-13(8-15)9-21/h1-8H,10-11H2,(H,22,23). The zero-order valence-corrected chi connectivity index (χ0v) is 12.8. The van der Waals surface area contributed by atoms with Gasteiger partial charge in [0.1, 0.15) is 11.5 Å². The molecule has 1 amide bonds. The number of nitrogens with zero attached hydrogens (tertiary/aromatic N) is 1. The van der Waals surface area contributed by atoms with Gasteiger partial charge in [0.15, 0.2) is 6.61 Å². The number of hydrogen-bond acceptors (Lipinski definition) is 4. The van der Waals surface area contributed by atoms with Crippen molar-refractivity contribution < 1.29 is 27.4 Å². The number of ether oxygens (including phenoxy) is 2. The maximum Gasteiger partial charge on any atom is 0.573 e. The van der Waals surface area contributed by atoms with Crippen molar-refractivity contribution in [2.24, 2.45) is 0 Å². The third-order valence-electron chi connectivity index (χ3n) is 2.98.